The molecule has 1 rings (SSSR count). The van der Waals surface area contributed by atoms with Crippen molar-refractivity contribution in [2.24, 2.45) is 0 Å². The van der Waals surface area contributed by atoms with Crippen LogP contribution >= 0.6 is 0 Å². The molecule has 0 saturated heterocycles. The third-order valence-electron chi connectivity index (χ3n) is 1.58. The molecule has 0 atom stereocenters. The topological polar surface area (TPSA) is 12.0 Å². The molecule has 0 saturated carbocycles. The molecule has 1 aliphatic carbocycles. The lowest BCUT2D eigenvalue weighted by Crippen LogP contribution is -2.34. The average Bonchev–Trinajstić information content (AvgIpc) is 2.12. The van der Waals surface area contributed by atoms with Crippen LogP contribution in [0.15, 0.2) is 11.8 Å². The van der Waals surface area contributed by atoms with Crippen molar-refractivity contribution in [2.75, 3.05) is 0 Å². The highest BCUT2D eigenvalue weighted by Gasteiger charge is 2.12. The van der Waals surface area contributed by atoms with Crippen molar-refractivity contribution in [1.82, 2.24) is 5.32 Å². The van der Waals surface area contributed by atoms with Crippen LogP contribution in [-0.4, -0.2) is 5.54 Å². The van der Waals surface area contributed by atoms with Crippen molar-refractivity contribution in [1.29, 1.82) is 0 Å². The smallest absolute Gasteiger partial charge is 0.0286 e. The molecule has 0 unspecified atom stereocenters. The van der Waals surface area contributed by atoms with Crippen molar-refractivity contribution in [3.63, 3.8) is 0 Å². The van der Waals surface area contributed by atoms with E-state index >= 15 is 0 Å². The molecule has 1 N–H and O–H groups in total. The minimum Gasteiger partial charge on any atom is -0.384 e. The lowest BCUT2D eigenvalue weighted by molar-refractivity contribution is 0.467. The molecule has 0 radical (unpaired) electrons. The van der Waals surface area contributed by atoms with E-state index in [4.69, 9.17) is 0 Å². The van der Waals surface area contributed by atoms with Crippen LogP contribution in [0.2, 0.25) is 0 Å². The van der Waals surface area contributed by atoms with Crippen molar-refractivity contribution in [2.45, 2.75) is 45.6 Å². The summed E-state index contributed by atoms with van der Waals surface area (Å²) >= 11 is 0. The van der Waals surface area contributed by atoms with E-state index in [1.54, 1.807) is 0 Å². The highest BCUT2D eigenvalue weighted by Crippen LogP contribution is 2.17. The molecule has 0 bridgehead atoms. The molecular formula is C9H17N. The van der Waals surface area contributed by atoms with Gasteiger partial charge in [0.25, 0.3) is 0 Å². The zero-order valence-corrected chi connectivity index (χ0v) is 7.20. The fraction of sp³-hybridized carbons (Fsp3) is 0.778. The van der Waals surface area contributed by atoms with Gasteiger partial charge in [-0.25, -0.2) is 0 Å². The van der Waals surface area contributed by atoms with Gasteiger partial charge in [0.05, 0.1) is 0 Å². The van der Waals surface area contributed by atoms with Gasteiger partial charge in [-0.2, -0.15) is 0 Å². The fourth-order valence-corrected chi connectivity index (χ4v) is 1.27. The van der Waals surface area contributed by atoms with Gasteiger partial charge in [-0.05, 0) is 40.0 Å². The Morgan fingerprint density at radius 3 is 2.50 bits per heavy atom. The van der Waals surface area contributed by atoms with Crippen molar-refractivity contribution < 1.29 is 0 Å². The van der Waals surface area contributed by atoms with E-state index in [9.17, 15) is 0 Å². The predicted octanol–water partition coefficient (Wildman–Crippen LogP) is 2.44. The molecule has 0 fully saturated rings. The second kappa shape index (κ2) is 2.65. The second-order valence-corrected chi connectivity index (χ2v) is 4.00. The van der Waals surface area contributed by atoms with Gasteiger partial charge in [0.2, 0.25) is 0 Å². The highest BCUT2D eigenvalue weighted by molar-refractivity contribution is 5.07. The molecule has 10 heavy (non-hydrogen) atoms. The van der Waals surface area contributed by atoms with Crippen molar-refractivity contribution >= 4 is 0 Å². The van der Waals surface area contributed by atoms with E-state index in [2.05, 4.69) is 32.2 Å². The van der Waals surface area contributed by atoms with Crippen LogP contribution in [0.4, 0.5) is 0 Å². The number of hydrogen-bond donors (Lipinski definition) is 1. The lowest BCUT2D eigenvalue weighted by atomic mass is 10.1. The molecule has 0 aromatic carbocycles. The van der Waals surface area contributed by atoms with Gasteiger partial charge in [0, 0.05) is 11.2 Å². The van der Waals surface area contributed by atoms with Crippen LogP contribution < -0.4 is 5.32 Å². The molecule has 0 aromatic heterocycles. The number of allylic oxidation sites excluding steroid dienone is 2. The number of nitrogens with one attached hydrogen (secondary N) is 1. The SMILES string of the molecule is CC(C)(C)NC1=CCCC1. The molecule has 1 aliphatic rings. The molecule has 58 valence electrons. The van der Waals surface area contributed by atoms with Gasteiger partial charge in [-0.3, -0.25) is 0 Å². The fourth-order valence-electron chi connectivity index (χ4n) is 1.27. The summed E-state index contributed by atoms with van der Waals surface area (Å²) in [4.78, 5) is 0. The van der Waals surface area contributed by atoms with Crippen molar-refractivity contribution in [3.05, 3.63) is 11.8 Å². The Balaban J connectivity index is 2.38. The standard InChI is InChI=1S/C9H17N/c1-9(2,3)10-8-6-4-5-7-8/h6,10H,4-5,7H2,1-3H3. The maximum atomic E-state index is 3.48. The molecule has 1 heteroatoms. The van der Waals surface area contributed by atoms with Gasteiger partial charge in [0.1, 0.15) is 0 Å². The first kappa shape index (κ1) is 7.64. The Labute approximate surface area is 63.5 Å². The zero-order chi connectivity index (χ0) is 7.61. The largest absolute Gasteiger partial charge is 0.384 e. The Bertz CT molecular complexity index is 139. The lowest BCUT2D eigenvalue weighted by Gasteiger charge is -2.22. The molecule has 0 spiro atoms. The zero-order valence-electron chi connectivity index (χ0n) is 7.20. The molecule has 0 heterocycles. The van der Waals surface area contributed by atoms with Crippen LogP contribution in [0, 0.1) is 0 Å². The van der Waals surface area contributed by atoms with E-state index in [1.165, 1.54) is 25.0 Å². The summed E-state index contributed by atoms with van der Waals surface area (Å²) in [6.45, 7) is 6.60. The summed E-state index contributed by atoms with van der Waals surface area (Å²) in [7, 11) is 0. The van der Waals surface area contributed by atoms with E-state index < -0.39 is 0 Å². The number of hydrogen-bond acceptors (Lipinski definition) is 1. The van der Waals surface area contributed by atoms with Crippen LogP contribution in [0.5, 0.6) is 0 Å². The predicted molar refractivity (Wildman–Crippen MR) is 44.8 cm³/mol. The Kier molecular flexibility index (Phi) is 2.02. The maximum absolute atomic E-state index is 3.48. The van der Waals surface area contributed by atoms with Crippen LogP contribution in [-0.2, 0) is 0 Å². The van der Waals surface area contributed by atoms with Crippen LogP contribution in [0.3, 0.4) is 0 Å². The van der Waals surface area contributed by atoms with Gasteiger partial charge >= 0.3 is 0 Å². The second-order valence-electron chi connectivity index (χ2n) is 4.00. The summed E-state index contributed by atoms with van der Waals surface area (Å²) in [6.07, 6.45) is 6.15. The van der Waals surface area contributed by atoms with E-state index in [-0.39, 0.29) is 5.54 Å². The molecule has 0 amide bonds. The van der Waals surface area contributed by atoms with E-state index in [0.717, 1.165) is 0 Å². The molecular weight excluding hydrogens is 122 g/mol. The minimum absolute atomic E-state index is 0.246. The number of rotatable bonds is 1. The Hall–Kier alpha value is -0.460. The summed E-state index contributed by atoms with van der Waals surface area (Å²) in [5, 5.41) is 3.48. The van der Waals surface area contributed by atoms with Gasteiger partial charge < -0.3 is 5.32 Å². The van der Waals surface area contributed by atoms with E-state index in [0.29, 0.717) is 0 Å². The molecule has 1 nitrogen and oxygen atoms in total. The first-order chi connectivity index (χ1) is 4.58. The molecule has 0 aliphatic heterocycles. The van der Waals surface area contributed by atoms with Gasteiger partial charge in [0.15, 0.2) is 0 Å². The van der Waals surface area contributed by atoms with Crippen molar-refractivity contribution in [3.8, 4) is 0 Å². The average molecular weight is 139 g/mol. The summed E-state index contributed by atoms with van der Waals surface area (Å²) < 4.78 is 0. The molecule has 0 aromatic rings. The normalized spacial score (nSPS) is 18.9. The third-order valence-corrected chi connectivity index (χ3v) is 1.58. The Morgan fingerprint density at radius 2 is 2.10 bits per heavy atom. The summed E-state index contributed by atoms with van der Waals surface area (Å²) in [5.41, 5.74) is 1.68. The third kappa shape index (κ3) is 2.42. The quantitative estimate of drug-likeness (QED) is 0.588. The first-order valence-electron chi connectivity index (χ1n) is 4.05. The first-order valence-corrected chi connectivity index (χ1v) is 4.05. The monoisotopic (exact) mass is 139 g/mol. The maximum Gasteiger partial charge on any atom is 0.0286 e. The highest BCUT2D eigenvalue weighted by atomic mass is 15.0. The van der Waals surface area contributed by atoms with Gasteiger partial charge in [-0.1, -0.05) is 6.08 Å². The summed E-state index contributed by atoms with van der Waals surface area (Å²) in [5.74, 6) is 0. The van der Waals surface area contributed by atoms with Crippen LogP contribution in [0.1, 0.15) is 40.0 Å². The van der Waals surface area contributed by atoms with Gasteiger partial charge in [-0.15, -0.1) is 0 Å². The minimum atomic E-state index is 0.246. The Morgan fingerprint density at radius 1 is 1.40 bits per heavy atom. The van der Waals surface area contributed by atoms with Crippen LogP contribution in [0.25, 0.3) is 0 Å². The van der Waals surface area contributed by atoms with E-state index in [1.807, 2.05) is 0 Å². The summed E-state index contributed by atoms with van der Waals surface area (Å²) in [6, 6.07) is 0.